The Balaban J connectivity index is 1.86. The SMILES string of the molecule is OCc1cc(OCCC2CC2)c2ccccc2n1. The first-order valence-electron chi connectivity index (χ1n) is 6.49. The molecule has 3 nitrogen and oxygen atoms in total. The Kier molecular flexibility index (Phi) is 3.15. The molecule has 0 bridgehead atoms. The van der Waals surface area contributed by atoms with Gasteiger partial charge in [0.2, 0.25) is 0 Å². The Hall–Kier alpha value is -1.61. The van der Waals surface area contributed by atoms with Gasteiger partial charge in [0.05, 0.1) is 24.4 Å². The van der Waals surface area contributed by atoms with Crippen molar-refractivity contribution in [2.45, 2.75) is 25.9 Å². The van der Waals surface area contributed by atoms with Crippen molar-refractivity contribution < 1.29 is 9.84 Å². The zero-order valence-electron chi connectivity index (χ0n) is 10.3. The van der Waals surface area contributed by atoms with Crippen LogP contribution in [0.2, 0.25) is 0 Å². The largest absolute Gasteiger partial charge is 0.493 e. The number of hydrogen-bond donors (Lipinski definition) is 1. The molecule has 0 amide bonds. The first kappa shape index (κ1) is 11.5. The van der Waals surface area contributed by atoms with E-state index in [0.717, 1.165) is 35.6 Å². The fourth-order valence-electron chi connectivity index (χ4n) is 2.14. The topological polar surface area (TPSA) is 42.4 Å². The highest BCUT2D eigenvalue weighted by Crippen LogP contribution is 2.33. The van der Waals surface area contributed by atoms with Gasteiger partial charge in [0.1, 0.15) is 5.75 Å². The van der Waals surface area contributed by atoms with Gasteiger partial charge in [-0.05, 0) is 24.5 Å². The molecule has 0 unspecified atom stereocenters. The first-order chi connectivity index (χ1) is 8.86. The Morgan fingerprint density at radius 1 is 1.28 bits per heavy atom. The van der Waals surface area contributed by atoms with Crippen LogP contribution in [0.1, 0.15) is 25.0 Å². The second kappa shape index (κ2) is 4.94. The average molecular weight is 243 g/mol. The summed E-state index contributed by atoms with van der Waals surface area (Å²) in [7, 11) is 0. The van der Waals surface area contributed by atoms with Crippen LogP contribution in [0.25, 0.3) is 10.9 Å². The molecular weight excluding hydrogens is 226 g/mol. The fourth-order valence-corrected chi connectivity index (χ4v) is 2.14. The molecule has 1 saturated carbocycles. The normalized spacial score (nSPS) is 14.9. The van der Waals surface area contributed by atoms with Crippen molar-refractivity contribution in [1.29, 1.82) is 0 Å². The quantitative estimate of drug-likeness (QED) is 0.878. The monoisotopic (exact) mass is 243 g/mol. The zero-order valence-corrected chi connectivity index (χ0v) is 10.3. The van der Waals surface area contributed by atoms with Crippen LogP contribution < -0.4 is 4.74 Å². The molecular formula is C15H17NO2. The van der Waals surface area contributed by atoms with Crippen molar-refractivity contribution in [2.24, 2.45) is 5.92 Å². The van der Waals surface area contributed by atoms with E-state index in [2.05, 4.69) is 4.98 Å². The van der Waals surface area contributed by atoms with Gasteiger partial charge in [-0.2, -0.15) is 0 Å². The van der Waals surface area contributed by atoms with Crippen molar-refractivity contribution in [3.63, 3.8) is 0 Å². The summed E-state index contributed by atoms with van der Waals surface area (Å²) in [5.41, 5.74) is 1.54. The van der Waals surface area contributed by atoms with Gasteiger partial charge in [-0.3, -0.25) is 4.98 Å². The number of benzene rings is 1. The van der Waals surface area contributed by atoms with E-state index in [1.165, 1.54) is 12.8 Å². The molecule has 0 aliphatic heterocycles. The summed E-state index contributed by atoms with van der Waals surface area (Å²) in [5.74, 6) is 1.71. The van der Waals surface area contributed by atoms with Crippen molar-refractivity contribution in [3.8, 4) is 5.75 Å². The molecule has 1 aliphatic carbocycles. The molecule has 1 aromatic heterocycles. The van der Waals surface area contributed by atoms with Crippen LogP contribution in [0.4, 0.5) is 0 Å². The summed E-state index contributed by atoms with van der Waals surface area (Å²) in [4.78, 5) is 4.38. The third kappa shape index (κ3) is 2.46. The third-order valence-electron chi connectivity index (χ3n) is 3.37. The Labute approximate surface area is 106 Å². The summed E-state index contributed by atoms with van der Waals surface area (Å²) in [5, 5.41) is 10.2. The number of aliphatic hydroxyl groups is 1. The third-order valence-corrected chi connectivity index (χ3v) is 3.37. The summed E-state index contributed by atoms with van der Waals surface area (Å²) in [6.45, 7) is 0.702. The molecule has 3 heteroatoms. The van der Waals surface area contributed by atoms with Gasteiger partial charge in [0.15, 0.2) is 0 Å². The zero-order chi connectivity index (χ0) is 12.4. The molecule has 3 rings (SSSR count). The molecule has 18 heavy (non-hydrogen) atoms. The van der Waals surface area contributed by atoms with Crippen molar-refractivity contribution in [3.05, 3.63) is 36.0 Å². The van der Waals surface area contributed by atoms with Crippen molar-refractivity contribution in [1.82, 2.24) is 4.98 Å². The number of para-hydroxylation sites is 1. The molecule has 0 atom stereocenters. The number of ether oxygens (including phenoxy) is 1. The highest BCUT2D eigenvalue weighted by Gasteiger charge is 2.20. The summed E-state index contributed by atoms with van der Waals surface area (Å²) in [6.07, 6.45) is 3.83. The minimum absolute atomic E-state index is 0.0518. The van der Waals surface area contributed by atoms with Crippen LogP contribution >= 0.6 is 0 Å². The van der Waals surface area contributed by atoms with E-state index in [0.29, 0.717) is 5.69 Å². The van der Waals surface area contributed by atoms with Crippen molar-refractivity contribution >= 4 is 10.9 Å². The van der Waals surface area contributed by atoms with Gasteiger partial charge in [-0.1, -0.05) is 25.0 Å². The lowest BCUT2D eigenvalue weighted by molar-refractivity contribution is 0.274. The maximum absolute atomic E-state index is 9.23. The van der Waals surface area contributed by atoms with Gasteiger partial charge >= 0.3 is 0 Å². The van der Waals surface area contributed by atoms with E-state index in [-0.39, 0.29) is 6.61 Å². The number of nitrogens with zero attached hydrogens (tertiary/aromatic N) is 1. The van der Waals surface area contributed by atoms with Crippen LogP contribution in [0.5, 0.6) is 5.75 Å². The van der Waals surface area contributed by atoms with Crippen LogP contribution in [-0.2, 0) is 6.61 Å². The highest BCUT2D eigenvalue weighted by molar-refractivity contribution is 5.85. The Morgan fingerprint density at radius 2 is 2.11 bits per heavy atom. The predicted octanol–water partition coefficient (Wildman–Crippen LogP) is 2.91. The van der Waals surface area contributed by atoms with Gasteiger partial charge in [0, 0.05) is 11.5 Å². The van der Waals surface area contributed by atoms with E-state index in [1.54, 1.807) is 0 Å². The number of hydrogen-bond acceptors (Lipinski definition) is 3. The predicted molar refractivity (Wildman–Crippen MR) is 70.5 cm³/mol. The second-order valence-corrected chi connectivity index (χ2v) is 4.87. The number of pyridine rings is 1. The Morgan fingerprint density at radius 3 is 2.89 bits per heavy atom. The van der Waals surface area contributed by atoms with Crippen LogP contribution in [0.15, 0.2) is 30.3 Å². The van der Waals surface area contributed by atoms with E-state index < -0.39 is 0 Å². The highest BCUT2D eigenvalue weighted by atomic mass is 16.5. The molecule has 0 saturated heterocycles. The molecule has 94 valence electrons. The van der Waals surface area contributed by atoms with Crippen LogP contribution in [0, 0.1) is 5.92 Å². The first-order valence-corrected chi connectivity index (χ1v) is 6.49. The molecule has 1 N–H and O–H groups in total. The molecule has 2 aromatic rings. The minimum Gasteiger partial charge on any atom is -0.493 e. The van der Waals surface area contributed by atoms with Gasteiger partial charge in [-0.25, -0.2) is 0 Å². The van der Waals surface area contributed by atoms with E-state index in [1.807, 2.05) is 30.3 Å². The van der Waals surface area contributed by atoms with Crippen molar-refractivity contribution in [2.75, 3.05) is 6.61 Å². The molecule has 1 fully saturated rings. The van der Waals surface area contributed by atoms with E-state index in [9.17, 15) is 5.11 Å². The standard InChI is InChI=1S/C15H17NO2/c17-10-12-9-15(18-8-7-11-5-6-11)13-3-1-2-4-14(13)16-12/h1-4,9,11,17H,5-8,10H2. The van der Waals surface area contributed by atoms with Gasteiger partial charge < -0.3 is 9.84 Å². The van der Waals surface area contributed by atoms with Crippen LogP contribution in [0.3, 0.4) is 0 Å². The van der Waals surface area contributed by atoms with E-state index in [4.69, 9.17) is 4.74 Å². The number of aliphatic hydroxyl groups excluding tert-OH is 1. The summed E-state index contributed by atoms with van der Waals surface area (Å²) < 4.78 is 5.86. The fraction of sp³-hybridized carbons (Fsp3) is 0.400. The molecule has 1 aromatic carbocycles. The maximum atomic E-state index is 9.23. The minimum atomic E-state index is -0.0518. The van der Waals surface area contributed by atoms with Crippen LogP contribution in [-0.4, -0.2) is 16.7 Å². The van der Waals surface area contributed by atoms with Gasteiger partial charge in [-0.15, -0.1) is 0 Å². The van der Waals surface area contributed by atoms with Gasteiger partial charge in [0.25, 0.3) is 0 Å². The number of rotatable bonds is 5. The lowest BCUT2D eigenvalue weighted by Gasteiger charge is -2.10. The maximum Gasteiger partial charge on any atom is 0.130 e. The summed E-state index contributed by atoms with van der Waals surface area (Å²) >= 11 is 0. The second-order valence-electron chi connectivity index (χ2n) is 4.87. The smallest absolute Gasteiger partial charge is 0.130 e. The average Bonchev–Trinajstić information content (AvgIpc) is 3.22. The lowest BCUT2D eigenvalue weighted by Crippen LogP contribution is -2.01. The van der Waals surface area contributed by atoms with E-state index >= 15 is 0 Å². The number of aromatic nitrogens is 1. The lowest BCUT2D eigenvalue weighted by atomic mass is 10.2. The molecule has 1 heterocycles. The molecule has 0 spiro atoms. The number of fused-ring (bicyclic) bond motifs is 1. The summed E-state index contributed by atoms with van der Waals surface area (Å²) in [6, 6.07) is 9.73. The molecule has 0 radical (unpaired) electrons. The Bertz CT molecular complexity index is 549. The molecule has 1 aliphatic rings.